The second kappa shape index (κ2) is 9.33. The highest BCUT2D eigenvalue weighted by atomic mass is 32.2. The van der Waals surface area contributed by atoms with E-state index in [2.05, 4.69) is 25.2 Å². The van der Waals surface area contributed by atoms with Crippen LogP contribution in [0.3, 0.4) is 0 Å². The Morgan fingerprint density at radius 2 is 1.97 bits per heavy atom. The molecule has 31 heavy (non-hydrogen) atoms. The van der Waals surface area contributed by atoms with Crippen molar-refractivity contribution in [3.05, 3.63) is 53.2 Å². The number of nitrogens with one attached hydrogen (secondary N) is 1. The normalized spacial score (nSPS) is 15.4. The topological polar surface area (TPSA) is 68.8 Å². The molecule has 1 N–H and O–H groups in total. The van der Waals surface area contributed by atoms with E-state index in [-0.39, 0.29) is 0 Å². The molecule has 6 nitrogen and oxygen atoms in total. The summed E-state index contributed by atoms with van der Waals surface area (Å²) in [7, 11) is 0. The molecule has 10 heteroatoms. The van der Waals surface area contributed by atoms with E-state index in [1.54, 1.807) is 6.07 Å². The zero-order valence-corrected chi connectivity index (χ0v) is 18.0. The van der Waals surface area contributed by atoms with Crippen LogP contribution in [0.4, 0.5) is 18.9 Å². The summed E-state index contributed by atoms with van der Waals surface area (Å²) in [6.07, 6.45) is 1.23. The minimum atomic E-state index is -4.37. The highest BCUT2D eigenvalue weighted by Crippen LogP contribution is 2.34. The number of hydrogen-bond acceptors (Lipinski definition) is 6. The van der Waals surface area contributed by atoms with Gasteiger partial charge in [-0.1, -0.05) is 42.2 Å². The highest BCUT2D eigenvalue weighted by molar-refractivity contribution is 7.98. The van der Waals surface area contributed by atoms with Crippen molar-refractivity contribution in [1.29, 1.82) is 0 Å². The molecule has 0 amide bonds. The predicted molar refractivity (Wildman–Crippen MR) is 112 cm³/mol. The van der Waals surface area contributed by atoms with Crippen LogP contribution in [0.15, 0.2) is 40.0 Å². The Hall–Kier alpha value is -2.49. The Morgan fingerprint density at radius 3 is 2.68 bits per heavy atom. The first-order valence-corrected chi connectivity index (χ1v) is 11.3. The van der Waals surface area contributed by atoms with Gasteiger partial charge in [0, 0.05) is 17.8 Å². The van der Waals surface area contributed by atoms with Crippen LogP contribution in [0, 0.1) is 6.92 Å². The molecule has 166 valence electrons. The van der Waals surface area contributed by atoms with Crippen molar-refractivity contribution in [3.8, 4) is 0 Å². The van der Waals surface area contributed by atoms with Gasteiger partial charge in [0.2, 0.25) is 0 Å². The number of nitrogens with zero attached hydrogens (tertiary/aromatic N) is 4. The number of rotatable bonds is 7. The van der Waals surface area contributed by atoms with Gasteiger partial charge in [-0.15, -0.1) is 10.2 Å². The molecular formula is C21H24F3N5OS. The van der Waals surface area contributed by atoms with Gasteiger partial charge in [-0.05, 0) is 38.0 Å². The summed E-state index contributed by atoms with van der Waals surface area (Å²) in [5.74, 6) is 2.08. The number of halogens is 3. The standard InChI is InChI=1S/C21H24F3N5OS/c1-14-10-18(30-28-14)13-31-20-27-26-19(29(20)17-8-3-2-4-9-17)12-25-16-7-5-6-15(11-16)21(22,23)24/h5-7,10-11,17,25H,2-4,8-9,12-13H2,1H3. The van der Waals surface area contributed by atoms with Crippen molar-refractivity contribution in [1.82, 2.24) is 19.9 Å². The van der Waals surface area contributed by atoms with Crippen molar-refractivity contribution >= 4 is 17.4 Å². The molecule has 0 spiro atoms. The number of aryl methyl sites for hydroxylation is 1. The maximum Gasteiger partial charge on any atom is 0.416 e. The molecular weight excluding hydrogens is 427 g/mol. The third-order valence-corrected chi connectivity index (χ3v) is 6.30. The summed E-state index contributed by atoms with van der Waals surface area (Å²) >= 11 is 1.53. The maximum absolute atomic E-state index is 13.0. The third kappa shape index (κ3) is 5.41. The van der Waals surface area contributed by atoms with Gasteiger partial charge in [0.15, 0.2) is 11.0 Å². The summed E-state index contributed by atoms with van der Waals surface area (Å²) in [4.78, 5) is 0. The molecule has 2 heterocycles. The lowest BCUT2D eigenvalue weighted by molar-refractivity contribution is -0.137. The molecule has 1 aliphatic rings. The first kappa shape index (κ1) is 21.7. The van der Waals surface area contributed by atoms with Crippen LogP contribution in [-0.4, -0.2) is 19.9 Å². The van der Waals surface area contributed by atoms with E-state index in [4.69, 9.17) is 4.52 Å². The summed E-state index contributed by atoms with van der Waals surface area (Å²) in [5, 5.41) is 16.5. The number of benzene rings is 1. The monoisotopic (exact) mass is 451 g/mol. The third-order valence-electron chi connectivity index (χ3n) is 5.34. The van der Waals surface area contributed by atoms with Crippen LogP contribution < -0.4 is 5.32 Å². The Kier molecular flexibility index (Phi) is 6.54. The van der Waals surface area contributed by atoms with Gasteiger partial charge in [-0.2, -0.15) is 13.2 Å². The fraction of sp³-hybridized carbons (Fsp3) is 0.476. The molecule has 0 unspecified atom stereocenters. The first-order chi connectivity index (χ1) is 14.9. The minimum absolute atomic E-state index is 0.293. The summed E-state index contributed by atoms with van der Waals surface area (Å²) in [6, 6.07) is 7.39. The van der Waals surface area contributed by atoms with E-state index in [9.17, 15) is 13.2 Å². The fourth-order valence-electron chi connectivity index (χ4n) is 3.84. The second-order valence-corrected chi connectivity index (χ2v) is 8.66. The Bertz CT molecular complexity index is 1010. The maximum atomic E-state index is 13.0. The number of anilines is 1. The van der Waals surface area contributed by atoms with Gasteiger partial charge in [0.1, 0.15) is 5.76 Å². The molecule has 0 saturated heterocycles. The number of aromatic nitrogens is 4. The Morgan fingerprint density at radius 1 is 1.16 bits per heavy atom. The van der Waals surface area contributed by atoms with Crippen LogP contribution in [0.25, 0.3) is 0 Å². The van der Waals surface area contributed by atoms with E-state index in [1.807, 2.05) is 13.0 Å². The van der Waals surface area contributed by atoms with Gasteiger partial charge in [0.25, 0.3) is 0 Å². The number of thioether (sulfide) groups is 1. The number of alkyl halides is 3. The SMILES string of the molecule is Cc1cc(CSc2nnc(CNc3cccc(C(F)(F)F)c3)n2C2CCCCC2)on1. The van der Waals surface area contributed by atoms with Crippen LogP contribution in [0.2, 0.25) is 0 Å². The van der Waals surface area contributed by atoms with E-state index in [0.29, 0.717) is 24.0 Å². The quantitative estimate of drug-likeness (QED) is 0.444. The van der Waals surface area contributed by atoms with Gasteiger partial charge < -0.3 is 14.4 Å². The molecule has 0 bridgehead atoms. The van der Waals surface area contributed by atoms with Crippen molar-refractivity contribution in [3.63, 3.8) is 0 Å². The molecule has 3 aromatic rings. The van der Waals surface area contributed by atoms with Gasteiger partial charge in [0.05, 0.1) is 23.6 Å². The Balaban J connectivity index is 1.52. The molecule has 1 saturated carbocycles. The largest absolute Gasteiger partial charge is 0.416 e. The molecule has 2 aromatic heterocycles. The van der Waals surface area contributed by atoms with Crippen LogP contribution in [-0.2, 0) is 18.5 Å². The van der Waals surface area contributed by atoms with Gasteiger partial charge in [-0.3, -0.25) is 0 Å². The van der Waals surface area contributed by atoms with E-state index >= 15 is 0 Å². The van der Waals surface area contributed by atoms with Crippen LogP contribution in [0.5, 0.6) is 0 Å². The average molecular weight is 452 g/mol. The van der Waals surface area contributed by atoms with Crippen molar-refractivity contribution < 1.29 is 17.7 Å². The molecule has 4 rings (SSSR count). The van der Waals surface area contributed by atoms with Crippen molar-refractivity contribution in [2.24, 2.45) is 0 Å². The lowest BCUT2D eigenvalue weighted by Crippen LogP contribution is -2.18. The lowest BCUT2D eigenvalue weighted by atomic mass is 9.95. The van der Waals surface area contributed by atoms with Gasteiger partial charge in [-0.25, -0.2) is 0 Å². The molecule has 1 aliphatic carbocycles. The molecule has 0 atom stereocenters. The van der Waals surface area contributed by atoms with Crippen LogP contribution in [0.1, 0.15) is 61.0 Å². The zero-order valence-electron chi connectivity index (χ0n) is 17.2. The molecule has 0 aliphatic heterocycles. The van der Waals surface area contributed by atoms with Crippen molar-refractivity contribution in [2.45, 2.75) is 68.7 Å². The minimum Gasteiger partial charge on any atom is -0.378 e. The predicted octanol–water partition coefficient (Wildman–Crippen LogP) is 6.00. The summed E-state index contributed by atoms with van der Waals surface area (Å²) in [6.45, 7) is 2.17. The zero-order chi connectivity index (χ0) is 21.8. The molecule has 1 fully saturated rings. The molecule has 0 radical (unpaired) electrons. The summed E-state index contributed by atoms with van der Waals surface area (Å²) in [5.41, 5.74) is 0.555. The van der Waals surface area contributed by atoms with Gasteiger partial charge >= 0.3 is 6.18 Å². The smallest absolute Gasteiger partial charge is 0.378 e. The fourth-order valence-corrected chi connectivity index (χ4v) is 4.74. The van der Waals surface area contributed by atoms with E-state index < -0.39 is 11.7 Å². The van der Waals surface area contributed by atoms with Crippen LogP contribution >= 0.6 is 11.8 Å². The lowest BCUT2D eigenvalue weighted by Gasteiger charge is -2.25. The molecule has 1 aromatic carbocycles. The highest BCUT2D eigenvalue weighted by Gasteiger charge is 2.30. The number of hydrogen-bond donors (Lipinski definition) is 1. The second-order valence-electron chi connectivity index (χ2n) is 7.72. The summed E-state index contributed by atoms with van der Waals surface area (Å²) < 4.78 is 46.4. The van der Waals surface area contributed by atoms with E-state index in [0.717, 1.165) is 60.3 Å². The first-order valence-electron chi connectivity index (χ1n) is 10.3. The van der Waals surface area contributed by atoms with Crippen molar-refractivity contribution in [2.75, 3.05) is 5.32 Å². The Labute approximate surface area is 182 Å². The average Bonchev–Trinajstić information content (AvgIpc) is 3.36. The van der Waals surface area contributed by atoms with E-state index in [1.165, 1.54) is 24.2 Å².